The molecule has 2 N–H and O–H groups in total. The van der Waals surface area contributed by atoms with Crippen molar-refractivity contribution in [2.45, 2.75) is 77.7 Å². The molecule has 0 bridgehead atoms. The van der Waals surface area contributed by atoms with Gasteiger partial charge >= 0.3 is 18.2 Å². The van der Waals surface area contributed by atoms with Crippen LogP contribution in [0.1, 0.15) is 54.4 Å². The molecule has 1 saturated heterocycles. The third-order valence-corrected chi connectivity index (χ3v) is 4.07. The Kier molecular flexibility index (Phi) is 8.02. The molecule has 0 saturated carbocycles. The molecule has 1 aliphatic heterocycles. The van der Waals surface area contributed by atoms with E-state index in [9.17, 15) is 19.2 Å². The van der Waals surface area contributed by atoms with Gasteiger partial charge in [-0.2, -0.15) is 0 Å². The van der Waals surface area contributed by atoms with Gasteiger partial charge in [-0.15, -0.1) is 0 Å². The normalized spacial score (nSPS) is 19.9. The van der Waals surface area contributed by atoms with Gasteiger partial charge in [0, 0.05) is 12.6 Å². The van der Waals surface area contributed by atoms with Crippen LogP contribution in [0.25, 0.3) is 0 Å². The van der Waals surface area contributed by atoms with Gasteiger partial charge in [0.1, 0.15) is 17.2 Å². The Hall–Kier alpha value is -2.36. The van der Waals surface area contributed by atoms with E-state index < -0.39 is 53.9 Å². The lowest BCUT2D eigenvalue weighted by Gasteiger charge is -2.41. The molecule has 29 heavy (non-hydrogen) atoms. The van der Waals surface area contributed by atoms with Gasteiger partial charge in [-0.1, -0.05) is 0 Å². The summed E-state index contributed by atoms with van der Waals surface area (Å²) in [6.07, 6.45) is -1.26. The Morgan fingerprint density at radius 1 is 1.03 bits per heavy atom. The van der Waals surface area contributed by atoms with Gasteiger partial charge in [-0.05, 0) is 54.4 Å². The number of carbonyl (C=O) groups is 4. The zero-order valence-electron chi connectivity index (χ0n) is 18.3. The first-order valence-corrected chi connectivity index (χ1v) is 9.52. The minimum atomic E-state index is -1.01. The highest BCUT2D eigenvalue weighted by atomic mass is 16.6. The van der Waals surface area contributed by atoms with Crippen LogP contribution in [0.5, 0.6) is 0 Å². The number of likely N-dealkylation sites (tertiary alicyclic amines) is 1. The van der Waals surface area contributed by atoms with Crippen LogP contribution in [0, 0.1) is 0 Å². The standard InChI is InChI=1S/C19H33N3O7/c1-18(2,3)28-16(25)21-9-8-12(10-13(21)15(24)27-7)22(14(23)11-20)17(26)29-19(4,5)6/h12-13H,8-11,20H2,1-7H3/t12-,13+/m0/s1. The number of imide groups is 1. The minimum Gasteiger partial charge on any atom is -0.467 e. The first-order chi connectivity index (χ1) is 13.2. The number of esters is 1. The second-order valence-electron chi connectivity index (χ2n) is 8.84. The largest absolute Gasteiger partial charge is 0.467 e. The predicted molar refractivity (Wildman–Crippen MR) is 104 cm³/mol. The predicted octanol–water partition coefficient (Wildman–Crippen LogP) is 1.65. The molecule has 0 aromatic rings. The molecular formula is C19H33N3O7. The van der Waals surface area contributed by atoms with E-state index in [1.807, 2.05) is 0 Å². The van der Waals surface area contributed by atoms with E-state index in [-0.39, 0.29) is 19.4 Å². The minimum absolute atomic E-state index is 0.00308. The van der Waals surface area contributed by atoms with Gasteiger partial charge in [-0.3, -0.25) is 9.69 Å². The molecule has 0 aromatic heterocycles. The highest BCUT2D eigenvalue weighted by Crippen LogP contribution is 2.26. The van der Waals surface area contributed by atoms with Crippen LogP contribution >= 0.6 is 0 Å². The third-order valence-electron chi connectivity index (χ3n) is 4.07. The van der Waals surface area contributed by atoms with Gasteiger partial charge in [-0.25, -0.2) is 19.3 Å². The van der Waals surface area contributed by atoms with Crippen LogP contribution in [0.4, 0.5) is 9.59 Å². The zero-order valence-corrected chi connectivity index (χ0v) is 18.3. The number of hydrogen-bond donors (Lipinski definition) is 1. The summed E-state index contributed by atoms with van der Waals surface area (Å²) in [5.74, 6) is -1.29. The maximum Gasteiger partial charge on any atom is 0.417 e. The fourth-order valence-corrected chi connectivity index (χ4v) is 2.94. The highest BCUT2D eigenvalue weighted by Gasteiger charge is 2.43. The first kappa shape index (κ1) is 24.7. The van der Waals surface area contributed by atoms with Crippen molar-refractivity contribution in [3.05, 3.63) is 0 Å². The summed E-state index contributed by atoms with van der Waals surface area (Å²) in [7, 11) is 1.20. The number of nitrogens with two attached hydrogens (primary N) is 1. The molecule has 1 fully saturated rings. The second-order valence-corrected chi connectivity index (χ2v) is 8.84. The van der Waals surface area contributed by atoms with Gasteiger partial charge in [0.25, 0.3) is 0 Å². The summed E-state index contributed by atoms with van der Waals surface area (Å²) in [6, 6.07) is -1.69. The third kappa shape index (κ3) is 7.19. The lowest BCUT2D eigenvalue weighted by Crippen LogP contribution is -2.59. The summed E-state index contributed by atoms with van der Waals surface area (Å²) < 4.78 is 15.5. The summed E-state index contributed by atoms with van der Waals surface area (Å²) >= 11 is 0. The Balaban J connectivity index is 3.12. The molecule has 0 unspecified atom stereocenters. The fraction of sp³-hybridized carbons (Fsp3) is 0.789. The maximum atomic E-state index is 12.6. The van der Waals surface area contributed by atoms with E-state index in [1.165, 1.54) is 12.0 Å². The number of nitrogens with zero attached hydrogens (tertiary/aromatic N) is 2. The molecule has 10 heteroatoms. The topological polar surface area (TPSA) is 128 Å². The smallest absolute Gasteiger partial charge is 0.417 e. The maximum absolute atomic E-state index is 12.6. The molecule has 1 heterocycles. The summed E-state index contributed by atoms with van der Waals surface area (Å²) in [5, 5.41) is 0. The van der Waals surface area contributed by atoms with Gasteiger partial charge in [0.15, 0.2) is 0 Å². The van der Waals surface area contributed by atoms with E-state index in [1.54, 1.807) is 41.5 Å². The average Bonchev–Trinajstić information content (AvgIpc) is 2.57. The van der Waals surface area contributed by atoms with Crippen molar-refractivity contribution in [2.24, 2.45) is 5.73 Å². The lowest BCUT2D eigenvalue weighted by molar-refractivity contribution is -0.150. The zero-order chi connectivity index (χ0) is 22.6. The molecular weight excluding hydrogens is 382 g/mol. The molecule has 0 aromatic carbocycles. The van der Waals surface area contributed by atoms with E-state index in [2.05, 4.69) is 0 Å². The SMILES string of the molecule is COC(=O)[C@H]1C[C@@H](N(C(=O)CN)C(=O)OC(C)(C)C)CCN1C(=O)OC(C)(C)C. The monoisotopic (exact) mass is 415 g/mol. The Morgan fingerprint density at radius 3 is 2.03 bits per heavy atom. The number of amides is 3. The number of methoxy groups -OCH3 is 1. The Bertz CT molecular complexity index is 637. The molecule has 0 spiro atoms. The first-order valence-electron chi connectivity index (χ1n) is 9.52. The van der Waals surface area contributed by atoms with Crippen molar-refractivity contribution in [3.63, 3.8) is 0 Å². The Labute approximate surface area is 171 Å². The van der Waals surface area contributed by atoms with Crippen LogP contribution < -0.4 is 5.73 Å². The summed E-state index contributed by atoms with van der Waals surface area (Å²) in [5.41, 5.74) is 3.91. The van der Waals surface area contributed by atoms with Crippen molar-refractivity contribution in [2.75, 3.05) is 20.2 Å². The van der Waals surface area contributed by atoms with E-state index >= 15 is 0 Å². The van der Waals surface area contributed by atoms with Crippen LogP contribution in [0.3, 0.4) is 0 Å². The van der Waals surface area contributed by atoms with Crippen molar-refractivity contribution in [1.29, 1.82) is 0 Å². The number of hydrogen-bond acceptors (Lipinski definition) is 8. The fourth-order valence-electron chi connectivity index (χ4n) is 2.94. The molecule has 1 aliphatic rings. The van der Waals surface area contributed by atoms with Crippen molar-refractivity contribution < 1.29 is 33.4 Å². The molecule has 10 nitrogen and oxygen atoms in total. The second kappa shape index (κ2) is 9.43. The number of piperidine rings is 1. The van der Waals surface area contributed by atoms with Crippen molar-refractivity contribution >= 4 is 24.1 Å². The molecule has 0 aliphatic carbocycles. The summed E-state index contributed by atoms with van der Waals surface area (Å²) in [4.78, 5) is 52.0. The van der Waals surface area contributed by atoms with E-state index in [4.69, 9.17) is 19.9 Å². The van der Waals surface area contributed by atoms with Crippen LogP contribution in [0.15, 0.2) is 0 Å². The van der Waals surface area contributed by atoms with E-state index in [0.717, 1.165) is 4.90 Å². The van der Waals surface area contributed by atoms with Gasteiger partial charge in [0.2, 0.25) is 5.91 Å². The van der Waals surface area contributed by atoms with Gasteiger partial charge in [0.05, 0.1) is 13.7 Å². The average molecular weight is 415 g/mol. The molecule has 166 valence electrons. The number of ether oxygens (including phenoxy) is 3. The van der Waals surface area contributed by atoms with Crippen LogP contribution in [0.2, 0.25) is 0 Å². The summed E-state index contributed by atoms with van der Waals surface area (Å²) in [6.45, 7) is 9.89. The number of rotatable bonds is 3. The number of carbonyl (C=O) groups excluding carboxylic acids is 4. The van der Waals surface area contributed by atoms with Crippen LogP contribution in [-0.2, 0) is 23.8 Å². The van der Waals surface area contributed by atoms with Gasteiger partial charge < -0.3 is 19.9 Å². The lowest BCUT2D eigenvalue weighted by atomic mass is 9.96. The van der Waals surface area contributed by atoms with Crippen molar-refractivity contribution in [1.82, 2.24) is 9.80 Å². The van der Waals surface area contributed by atoms with Crippen molar-refractivity contribution in [3.8, 4) is 0 Å². The Morgan fingerprint density at radius 2 is 1.59 bits per heavy atom. The molecule has 2 atom stereocenters. The highest BCUT2D eigenvalue weighted by molar-refractivity contribution is 5.93. The van der Waals surface area contributed by atoms with Crippen LogP contribution in [-0.4, -0.2) is 77.3 Å². The molecule has 0 radical (unpaired) electrons. The molecule has 1 rings (SSSR count). The van der Waals surface area contributed by atoms with E-state index in [0.29, 0.717) is 0 Å². The quantitative estimate of drug-likeness (QED) is 0.544. The molecule has 3 amide bonds.